The molecule has 5 aliphatic carbocycles. The molecule has 5 atom stereocenters. The number of aliphatic hydroxyl groups excluding tert-OH is 1. The molecule has 5 unspecified atom stereocenters. The van der Waals surface area contributed by atoms with Crippen molar-refractivity contribution in [3.63, 3.8) is 0 Å². The number of hydrogen-bond acceptors (Lipinski definition) is 4. The maximum absolute atomic E-state index is 12.2. The molecule has 1 spiro atoms. The number of rotatable bonds is 3. The lowest BCUT2D eigenvalue weighted by molar-refractivity contribution is -0.114. The lowest BCUT2D eigenvalue weighted by Crippen LogP contribution is -2.45. The molecule has 5 aliphatic rings. The molecule has 0 heterocycles. The van der Waals surface area contributed by atoms with E-state index in [1.165, 1.54) is 40.9 Å². The predicted molar refractivity (Wildman–Crippen MR) is 129 cm³/mol. The fourth-order valence-corrected chi connectivity index (χ4v) is 8.58. The topological polar surface area (TPSA) is 40.5 Å². The number of hydrogen-bond donors (Lipinski definition) is 1. The second kappa shape index (κ2) is 7.32. The van der Waals surface area contributed by atoms with E-state index < -0.39 is 0 Å². The molecule has 0 radical (unpaired) electrons. The van der Waals surface area contributed by atoms with Crippen LogP contribution in [0.25, 0.3) is 0 Å². The molecule has 0 saturated heterocycles. The number of allylic oxidation sites excluding steroid dienone is 4. The van der Waals surface area contributed by atoms with Crippen LogP contribution in [0.15, 0.2) is 52.0 Å². The van der Waals surface area contributed by atoms with Crippen molar-refractivity contribution in [2.24, 2.45) is 22.7 Å². The molecule has 1 aromatic rings. The van der Waals surface area contributed by atoms with Gasteiger partial charge in [-0.2, -0.15) is 0 Å². The smallest absolute Gasteiger partial charge is 0.156 e. The second-order valence-corrected chi connectivity index (χ2v) is 12.9. The molecule has 0 aliphatic heterocycles. The van der Waals surface area contributed by atoms with E-state index in [1.807, 2.05) is 6.08 Å². The van der Waals surface area contributed by atoms with Crippen LogP contribution in [0.1, 0.15) is 69.8 Å². The Hall–Kier alpha value is -1.36. The van der Waals surface area contributed by atoms with E-state index in [4.69, 9.17) is 0 Å². The van der Waals surface area contributed by atoms with Crippen LogP contribution >= 0.6 is 11.9 Å². The minimum atomic E-state index is -0.164. The lowest BCUT2D eigenvalue weighted by Gasteiger charge is -2.52. The van der Waals surface area contributed by atoms with Gasteiger partial charge in [0, 0.05) is 17.2 Å². The molecule has 1 N–H and O–H groups in total. The van der Waals surface area contributed by atoms with Gasteiger partial charge in [-0.1, -0.05) is 24.6 Å². The maximum Gasteiger partial charge on any atom is 0.156 e. The molecule has 3 saturated carbocycles. The quantitative estimate of drug-likeness (QED) is 0.583. The van der Waals surface area contributed by atoms with Crippen LogP contribution in [-0.2, 0) is 4.79 Å². The van der Waals surface area contributed by atoms with Gasteiger partial charge in [0.1, 0.15) is 0 Å². The van der Waals surface area contributed by atoms with Gasteiger partial charge in [-0.05, 0) is 129 Å². The average Bonchev–Trinajstić information content (AvgIpc) is 3.51. The van der Waals surface area contributed by atoms with E-state index in [2.05, 4.69) is 49.6 Å². The van der Waals surface area contributed by atoms with Crippen LogP contribution in [0.3, 0.4) is 0 Å². The van der Waals surface area contributed by atoms with Crippen molar-refractivity contribution in [2.45, 2.75) is 75.2 Å². The van der Waals surface area contributed by atoms with Crippen LogP contribution in [0, 0.1) is 22.7 Å². The zero-order chi connectivity index (χ0) is 22.3. The van der Waals surface area contributed by atoms with E-state index in [-0.39, 0.29) is 16.9 Å². The first-order chi connectivity index (χ1) is 15.3. The average molecular weight is 450 g/mol. The van der Waals surface area contributed by atoms with Crippen molar-refractivity contribution >= 4 is 17.7 Å². The SMILES string of the molecule is CN(C)Sc1ccc(C2CC3(C)C(CC4(CC4)C3O)C3CCC4=CC(=O)CCC4=C23)cc1. The summed E-state index contributed by atoms with van der Waals surface area (Å²) in [6, 6.07) is 9.16. The standard InChI is InChI=1S/C28H35NO2S/c1-27-15-23(17-4-8-20(9-5-17)32-29(2)3)25-21-11-7-19(30)14-18(21)6-10-22(25)24(27)16-28(12-13-28)26(27)31/h4-5,8-9,14,22-24,26,31H,6-7,10-13,15-16H2,1-3H3. The van der Waals surface area contributed by atoms with Gasteiger partial charge in [-0.3, -0.25) is 9.10 Å². The summed E-state index contributed by atoms with van der Waals surface area (Å²) in [5, 5.41) is 11.6. The summed E-state index contributed by atoms with van der Waals surface area (Å²) in [7, 11) is 4.15. The number of nitrogens with zero attached hydrogens (tertiary/aromatic N) is 1. The van der Waals surface area contributed by atoms with E-state index in [0.717, 1.165) is 25.7 Å². The fourth-order valence-electron chi connectivity index (χ4n) is 7.90. The third kappa shape index (κ3) is 3.13. The Balaban J connectivity index is 1.46. The van der Waals surface area contributed by atoms with Gasteiger partial charge in [0.25, 0.3) is 0 Å². The van der Waals surface area contributed by atoms with Crippen molar-refractivity contribution in [3.05, 3.63) is 52.6 Å². The van der Waals surface area contributed by atoms with E-state index >= 15 is 0 Å². The van der Waals surface area contributed by atoms with Crippen LogP contribution in [0.4, 0.5) is 0 Å². The summed E-state index contributed by atoms with van der Waals surface area (Å²) < 4.78 is 2.13. The Morgan fingerprint density at radius 1 is 1.06 bits per heavy atom. The highest BCUT2D eigenvalue weighted by Crippen LogP contribution is 2.73. The van der Waals surface area contributed by atoms with Crippen molar-refractivity contribution < 1.29 is 9.90 Å². The van der Waals surface area contributed by atoms with E-state index in [1.54, 1.807) is 17.5 Å². The maximum atomic E-state index is 12.2. The number of benzene rings is 1. The zero-order valence-electron chi connectivity index (χ0n) is 19.6. The van der Waals surface area contributed by atoms with Crippen molar-refractivity contribution in [2.75, 3.05) is 14.1 Å². The van der Waals surface area contributed by atoms with Crippen molar-refractivity contribution in [1.82, 2.24) is 4.31 Å². The van der Waals surface area contributed by atoms with Crippen LogP contribution < -0.4 is 0 Å². The molecule has 4 heteroatoms. The summed E-state index contributed by atoms with van der Waals surface area (Å²) in [5.41, 5.74) is 6.05. The Labute approximate surface area is 196 Å². The molecular weight excluding hydrogens is 414 g/mol. The first-order valence-corrected chi connectivity index (χ1v) is 13.2. The highest BCUT2D eigenvalue weighted by atomic mass is 32.2. The predicted octanol–water partition coefficient (Wildman–Crippen LogP) is 5.91. The summed E-state index contributed by atoms with van der Waals surface area (Å²) in [6.45, 7) is 2.40. The van der Waals surface area contributed by atoms with Gasteiger partial charge in [0.15, 0.2) is 5.78 Å². The van der Waals surface area contributed by atoms with Crippen molar-refractivity contribution in [1.29, 1.82) is 0 Å². The Morgan fingerprint density at radius 3 is 2.50 bits per heavy atom. The highest BCUT2D eigenvalue weighted by Gasteiger charge is 2.68. The molecule has 0 aromatic heterocycles. The molecule has 1 aromatic carbocycles. The Morgan fingerprint density at radius 2 is 1.81 bits per heavy atom. The molecule has 32 heavy (non-hydrogen) atoms. The summed E-state index contributed by atoms with van der Waals surface area (Å²) in [5.74, 6) is 1.81. The van der Waals surface area contributed by atoms with Gasteiger partial charge < -0.3 is 5.11 Å². The minimum absolute atomic E-state index is 0.00133. The van der Waals surface area contributed by atoms with Crippen LogP contribution in [-0.4, -0.2) is 35.4 Å². The van der Waals surface area contributed by atoms with E-state index in [0.29, 0.717) is 30.0 Å². The molecule has 3 nitrogen and oxygen atoms in total. The molecule has 170 valence electrons. The zero-order valence-corrected chi connectivity index (χ0v) is 20.4. The largest absolute Gasteiger partial charge is 0.392 e. The molecule has 6 rings (SSSR count). The van der Waals surface area contributed by atoms with Gasteiger partial charge in [-0.25, -0.2) is 0 Å². The summed E-state index contributed by atoms with van der Waals surface area (Å²) in [6.07, 6.45) is 10.2. The third-order valence-corrected chi connectivity index (χ3v) is 10.3. The fraction of sp³-hybridized carbons (Fsp3) is 0.607. The molecular formula is C28H35NO2S. The first-order valence-electron chi connectivity index (χ1n) is 12.4. The number of ketones is 1. The van der Waals surface area contributed by atoms with Crippen molar-refractivity contribution in [3.8, 4) is 0 Å². The molecule has 3 fully saturated rings. The number of carbonyl (C=O) groups excluding carboxylic acids is 1. The minimum Gasteiger partial charge on any atom is -0.392 e. The number of fused-ring (bicyclic) bond motifs is 4. The lowest BCUT2D eigenvalue weighted by atomic mass is 9.53. The van der Waals surface area contributed by atoms with Gasteiger partial charge in [-0.15, -0.1) is 0 Å². The molecule has 0 amide bonds. The van der Waals surface area contributed by atoms with Gasteiger partial charge >= 0.3 is 0 Å². The summed E-state index contributed by atoms with van der Waals surface area (Å²) in [4.78, 5) is 13.4. The first kappa shape index (κ1) is 21.2. The Kier molecular flexibility index (Phi) is 4.85. The second-order valence-electron chi connectivity index (χ2n) is 11.5. The van der Waals surface area contributed by atoms with E-state index in [9.17, 15) is 9.90 Å². The third-order valence-electron chi connectivity index (χ3n) is 9.46. The van der Waals surface area contributed by atoms with Gasteiger partial charge in [0.05, 0.1) is 6.10 Å². The number of carbonyl (C=O) groups is 1. The molecule has 0 bridgehead atoms. The number of aliphatic hydroxyl groups is 1. The normalized spacial score (nSPS) is 37.3. The Bertz CT molecular complexity index is 1020. The van der Waals surface area contributed by atoms with Gasteiger partial charge in [0.2, 0.25) is 0 Å². The van der Waals surface area contributed by atoms with Crippen LogP contribution in [0.5, 0.6) is 0 Å². The monoisotopic (exact) mass is 449 g/mol. The highest BCUT2D eigenvalue weighted by molar-refractivity contribution is 7.97. The summed E-state index contributed by atoms with van der Waals surface area (Å²) >= 11 is 1.75. The van der Waals surface area contributed by atoms with Crippen LogP contribution in [0.2, 0.25) is 0 Å².